The minimum absolute atomic E-state index is 0.114. The standard InChI is InChI=1S/C15H21NO4/c1-20-14(18)8-4-2-3-6-13(11-17)15(19)12-7-5-9-16-10-12/h2-3,5,7,9-10,13,15,17,19H,4,6,8,11H2,1H3/b3-2-/t13-,15-/m1/s1. The summed E-state index contributed by atoms with van der Waals surface area (Å²) in [5.41, 5.74) is 0.689. The normalized spacial score (nSPS) is 14.2. The van der Waals surface area contributed by atoms with E-state index in [2.05, 4.69) is 9.72 Å². The average Bonchev–Trinajstić information content (AvgIpc) is 2.50. The predicted molar refractivity (Wildman–Crippen MR) is 74.8 cm³/mol. The summed E-state index contributed by atoms with van der Waals surface area (Å²) in [5, 5.41) is 19.5. The van der Waals surface area contributed by atoms with E-state index in [9.17, 15) is 15.0 Å². The first-order chi connectivity index (χ1) is 9.69. The van der Waals surface area contributed by atoms with E-state index >= 15 is 0 Å². The fourth-order valence-electron chi connectivity index (χ4n) is 1.82. The van der Waals surface area contributed by atoms with Crippen LogP contribution in [0, 0.1) is 5.92 Å². The van der Waals surface area contributed by atoms with Gasteiger partial charge in [-0.3, -0.25) is 9.78 Å². The Labute approximate surface area is 118 Å². The van der Waals surface area contributed by atoms with Crippen molar-refractivity contribution < 1.29 is 19.7 Å². The van der Waals surface area contributed by atoms with Gasteiger partial charge in [-0.1, -0.05) is 18.2 Å². The quantitative estimate of drug-likeness (QED) is 0.558. The van der Waals surface area contributed by atoms with Gasteiger partial charge < -0.3 is 14.9 Å². The Balaban J connectivity index is 2.43. The molecule has 0 aliphatic rings. The van der Waals surface area contributed by atoms with Gasteiger partial charge in [0.2, 0.25) is 0 Å². The largest absolute Gasteiger partial charge is 0.469 e. The van der Waals surface area contributed by atoms with Gasteiger partial charge in [-0.15, -0.1) is 0 Å². The van der Waals surface area contributed by atoms with Gasteiger partial charge in [0.05, 0.1) is 13.2 Å². The van der Waals surface area contributed by atoms with Crippen LogP contribution in [0.15, 0.2) is 36.7 Å². The average molecular weight is 279 g/mol. The number of aromatic nitrogens is 1. The zero-order valence-electron chi connectivity index (χ0n) is 11.6. The van der Waals surface area contributed by atoms with Gasteiger partial charge in [-0.25, -0.2) is 0 Å². The molecule has 0 aromatic carbocycles. The molecule has 20 heavy (non-hydrogen) atoms. The molecule has 0 bridgehead atoms. The molecular weight excluding hydrogens is 258 g/mol. The molecule has 0 saturated heterocycles. The van der Waals surface area contributed by atoms with Crippen LogP contribution in [0.4, 0.5) is 0 Å². The van der Waals surface area contributed by atoms with Gasteiger partial charge in [0.1, 0.15) is 0 Å². The number of hydrogen-bond donors (Lipinski definition) is 2. The number of ether oxygens (including phenoxy) is 1. The monoisotopic (exact) mass is 279 g/mol. The fraction of sp³-hybridized carbons (Fsp3) is 0.467. The number of nitrogens with zero attached hydrogens (tertiary/aromatic N) is 1. The zero-order valence-corrected chi connectivity index (χ0v) is 11.6. The topological polar surface area (TPSA) is 79.7 Å². The molecule has 0 fully saturated rings. The Kier molecular flexibility index (Phi) is 7.54. The van der Waals surface area contributed by atoms with Crippen LogP contribution in [0.1, 0.15) is 30.9 Å². The lowest BCUT2D eigenvalue weighted by Crippen LogP contribution is -2.16. The first-order valence-electron chi connectivity index (χ1n) is 6.59. The summed E-state index contributed by atoms with van der Waals surface area (Å²) in [6.07, 6.45) is 7.66. The maximum Gasteiger partial charge on any atom is 0.305 e. The summed E-state index contributed by atoms with van der Waals surface area (Å²) in [4.78, 5) is 14.9. The van der Waals surface area contributed by atoms with Gasteiger partial charge in [0.25, 0.3) is 0 Å². The van der Waals surface area contributed by atoms with E-state index in [0.29, 0.717) is 24.8 Å². The molecule has 110 valence electrons. The van der Waals surface area contributed by atoms with Crippen LogP contribution >= 0.6 is 0 Å². The molecule has 1 rings (SSSR count). The van der Waals surface area contributed by atoms with E-state index < -0.39 is 6.10 Å². The zero-order chi connectivity index (χ0) is 14.8. The Morgan fingerprint density at radius 3 is 2.90 bits per heavy atom. The fourth-order valence-corrected chi connectivity index (χ4v) is 1.82. The van der Waals surface area contributed by atoms with Gasteiger partial charge in [0.15, 0.2) is 0 Å². The van der Waals surface area contributed by atoms with Gasteiger partial charge in [0, 0.05) is 31.3 Å². The lowest BCUT2D eigenvalue weighted by atomic mass is 9.94. The van der Waals surface area contributed by atoms with Crippen LogP contribution in [0.25, 0.3) is 0 Å². The van der Waals surface area contributed by atoms with Crippen molar-refractivity contribution >= 4 is 5.97 Å². The van der Waals surface area contributed by atoms with E-state index in [-0.39, 0.29) is 18.5 Å². The first kappa shape index (κ1) is 16.3. The van der Waals surface area contributed by atoms with Crippen LogP contribution in [0.5, 0.6) is 0 Å². The van der Waals surface area contributed by atoms with Gasteiger partial charge in [-0.2, -0.15) is 0 Å². The highest BCUT2D eigenvalue weighted by atomic mass is 16.5. The SMILES string of the molecule is COC(=O)CC/C=C\C[C@H](CO)[C@H](O)c1cccnc1. The Bertz CT molecular complexity index is 419. The summed E-state index contributed by atoms with van der Waals surface area (Å²) >= 11 is 0. The minimum Gasteiger partial charge on any atom is -0.469 e. The van der Waals surface area contributed by atoms with E-state index in [1.807, 2.05) is 12.2 Å². The lowest BCUT2D eigenvalue weighted by Gasteiger charge is -2.19. The van der Waals surface area contributed by atoms with E-state index in [1.165, 1.54) is 7.11 Å². The molecule has 0 radical (unpaired) electrons. The number of hydrogen-bond acceptors (Lipinski definition) is 5. The number of carbonyl (C=O) groups excluding carboxylic acids is 1. The van der Waals surface area contributed by atoms with Gasteiger partial charge >= 0.3 is 5.97 Å². The molecular formula is C15H21NO4. The molecule has 1 heterocycles. The Morgan fingerprint density at radius 2 is 2.30 bits per heavy atom. The minimum atomic E-state index is -0.751. The summed E-state index contributed by atoms with van der Waals surface area (Å²) < 4.78 is 4.54. The molecule has 0 unspecified atom stereocenters. The van der Waals surface area contributed by atoms with Crippen molar-refractivity contribution in [2.75, 3.05) is 13.7 Å². The van der Waals surface area contributed by atoms with Crippen LogP contribution in [0.2, 0.25) is 0 Å². The highest BCUT2D eigenvalue weighted by molar-refractivity contribution is 5.69. The highest BCUT2D eigenvalue weighted by Crippen LogP contribution is 2.24. The van der Waals surface area contributed by atoms with E-state index in [0.717, 1.165) is 0 Å². The number of carbonyl (C=O) groups is 1. The smallest absolute Gasteiger partial charge is 0.305 e. The van der Waals surface area contributed by atoms with Crippen molar-refractivity contribution in [1.82, 2.24) is 4.98 Å². The summed E-state index contributed by atoms with van der Waals surface area (Å²) in [7, 11) is 1.36. The molecule has 2 atom stereocenters. The first-order valence-corrected chi connectivity index (χ1v) is 6.59. The number of methoxy groups -OCH3 is 1. The molecule has 0 aliphatic carbocycles. The van der Waals surface area contributed by atoms with Crippen LogP contribution < -0.4 is 0 Å². The van der Waals surface area contributed by atoms with Crippen molar-refractivity contribution in [3.8, 4) is 0 Å². The van der Waals surface area contributed by atoms with E-state index in [4.69, 9.17) is 0 Å². The molecule has 5 nitrogen and oxygen atoms in total. The molecule has 1 aromatic heterocycles. The van der Waals surface area contributed by atoms with Crippen LogP contribution in [-0.4, -0.2) is 34.9 Å². The van der Waals surface area contributed by atoms with Crippen molar-refractivity contribution in [3.63, 3.8) is 0 Å². The molecule has 0 spiro atoms. The number of allylic oxidation sites excluding steroid dienone is 2. The maximum absolute atomic E-state index is 10.9. The molecule has 1 aromatic rings. The van der Waals surface area contributed by atoms with E-state index in [1.54, 1.807) is 24.5 Å². The highest BCUT2D eigenvalue weighted by Gasteiger charge is 2.18. The molecule has 0 aliphatic heterocycles. The third-order valence-corrected chi connectivity index (χ3v) is 3.06. The third-order valence-electron chi connectivity index (χ3n) is 3.06. The number of rotatable bonds is 8. The second kappa shape index (κ2) is 9.23. The van der Waals surface area contributed by atoms with Crippen molar-refractivity contribution in [2.45, 2.75) is 25.4 Å². The Hall–Kier alpha value is -1.72. The second-order valence-corrected chi connectivity index (χ2v) is 4.50. The summed E-state index contributed by atoms with van der Waals surface area (Å²) in [5.74, 6) is -0.530. The third kappa shape index (κ3) is 5.50. The number of aliphatic hydroxyl groups is 2. The second-order valence-electron chi connectivity index (χ2n) is 4.50. The number of esters is 1. The predicted octanol–water partition coefficient (Wildman–Crippen LogP) is 1.62. The summed E-state index contributed by atoms with van der Waals surface area (Å²) in [6, 6.07) is 3.53. The molecule has 5 heteroatoms. The van der Waals surface area contributed by atoms with Crippen molar-refractivity contribution in [2.24, 2.45) is 5.92 Å². The van der Waals surface area contributed by atoms with Crippen molar-refractivity contribution in [3.05, 3.63) is 42.2 Å². The number of aliphatic hydroxyl groups excluding tert-OH is 2. The summed E-state index contributed by atoms with van der Waals surface area (Å²) in [6.45, 7) is -0.114. The van der Waals surface area contributed by atoms with Gasteiger partial charge in [-0.05, 0) is 24.5 Å². The van der Waals surface area contributed by atoms with Crippen molar-refractivity contribution in [1.29, 1.82) is 0 Å². The van der Waals surface area contributed by atoms with Crippen LogP contribution in [0.3, 0.4) is 0 Å². The maximum atomic E-state index is 10.9. The Morgan fingerprint density at radius 1 is 1.50 bits per heavy atom. The number of pyridine rings is 1. The van der Waals surface area contributed by atoms with Crippen LogP contribution in [-0.2, 0) is 9.53 Å². The molecule has 0 saturated carbocycles. The lowest BCUT2D eigenvalue weighted by molar-refractivity contribution is -0.140. The molecule has 2 N–H and O–H groups in total. The molecule has 0 amide bonds.